The number of carbonyl (C=O) groups excluding carboxylic acids is 3. The number of halogens is 1. The minimum Gasteiger partial charge on any atom is -0.509 e. The van der Waals surface area contributed by atoms with Gasteiger partial charge < -0.3 is 20.6 Å². The first-order valence-corrected chi connectivity index (χ1v) is 13.7. The Morgan fingerprint density at radius 1 is 1.00 bits per heavy atom. The van der Waals surface area contributed by atoms with Crippen LogP contribution in [0.15, 0.2) is 96.5 Å². The Hall–Kier alpha value is -4.74. The van der Waals surface area contributed by atoms with Crippen molar-refractivity contribution in [3.8, 4) is 0 Å². The predicted molar refractivity (Wildman–Crippen MR) is 150 cm³/mol. The molecular formula is C31H29FN6O4. The van der Waals surface area contributed by atoms with E-state index >= 15 is 0 Å². The van der Waals surface area contributed by atoms with Crippen LogP contribution in [0.4, 0.5) is 4.39 Å². The molecule has 2 aromatic heterocycles. The van der Waals surface area contributed by atoms with Crippen LogP contribution in [0.3, 0.4) is 0 Å². The summed E-state index contributed by atoms with van der Waals surface area (Å²) in [5, 5.41) is 18.1. The standard InChI is InChI=1S/C31H29FN6O4/c32-22-8-6-19(7-9-22)14-36-31(42)23-17-37-18-24-35-12-3-13-38(24)27(29(40)21-5-2-11-34-16-21)26(37)30(41)25(23)28(39)20-4-1-10-33-15-20/h1-2,4-11,15-17,24-25,27,35,41H,3,12-14,18H2,(H,36,42). The monoisotopic (exact) mass is 568 g/mol. The quantitative estimate of drug-likeness (QED) is 0.369. The number of Topliss-reactive ketones (excluding diaryl/α,β-unsaturated/α-hetero) is 2. The predicted octanol–water partition coefficient (Wildman–Crippen LogP) is 2.59. The number of allylic oxidation sites excluding steroid dienone is 1. The van der Waals surface area contributed by atoms with Crippen LogP contribution < -0.4 is 10.6 Å². The zero-order chi connectivity index (χ0) is 29.2. The second-order valence-electron chi connectivity index (χ2n) is 10.4. The summed E-state index contributed by atoms with van der Waals surface area (Å²) in [6.07, 6.45) is 8.09. The van der Waals surface area contributed by atoms with Gasteiger partial charge in [-0.25, -0.2) is 4.39 Å². The number of hydrogen-bond acceptors (Lipinski definition) is 9. The molecular weight excluding hydrogens is 539 g/mol. The van der Waals surface area contributed by atoms with Crippen LogP contribution >= 0.6 is 0 Å². The van der Waals surface area contributed by atoms with Crippen molar-refractivity contribution in [3.05, 3.63) is 119 Å². The van der Waals surface area contributed by atoms with Crippen LogP contribution in [0.1, 0.15) is 32.7 Å². The number of nitrogens with one attached hydrogen (secondary N) is 2. The van der Waals surface area contributed by atoms with Gasteiger partial charge in [-0.1, -0.05) is 12.1 Å². The Labute approximate surface area is 241 Å². The first-order valence-electron chi connectivity index (χ1n) is 13.7. The number of aliphatic hydroxyl groups is 1. The molecule has 1 amide bonds. The van der Waals surface area contributed by atoms with Gasteiger partial charge in [0, 0.05) is 55.2 Å². The van der Waals surface area contributed by atoms with Crippen LogP contribution in [-0.2, 0) is 11.3 Å². The van der Waals surface area contributed by atoms with Crippen molar-refractivity contribution in [1.82, 2.24) is 30.4 Å². The molecule has 0 saturated carbocycles. The lowest BCUT2D eigenvalue weighted by molar-refractivity contribution is -0.118. The second kappa shape index (κ2) is 11.6. The number of nitrogens with zero attached hydrogens (tertiary/aromatic N) is 4. The minimum absolute atomic E-state index is 0.0315. The number of aliphatic hydroxyl groups excluding tert-OH is 1. The Bertz CT molecular complexity index is 1560. The molecule has 3 aliphatic heterocycles. The van der Waals surface area contributed by atoms with Gasteiger partial charge in [-0.15, -0.1) is 0 Å². The Morgan fingerprint density at radius 3 is 2.36 bits per heavy atom. The number of ketones is 2. The smallest absolute Gasteiger partial charge is 0.250 e. The van der Waals surface area contributed by atoms with Crippen molar-refractivity contribution in [2.24, 2.45) is 5.92 Å². The molecule has 2 fully saturated rings. The summed E-state index contributed by atoms with van der Waals surface area (Å²) < 4.78 is 13.4. The summed E-state index contributed by atoms with van der Waals surface area (Å²) in [6.45, 7) is 1.79. The lowest BCUT2D eigenvalue weighted by Crippen LogP contribution is -2.67. The number of benzene rings is 1. The zero-order valence-corrected chi connectivity index (χ0v) is 22.6. The fourth-order valence-electron chi connectivity index (χ4n) is 5.79. The average Bonchev–Trinajstić information content (AvgIpc) is 3.03. The Kier molecular flexibility index (Phi) is 7.60. The van der Waals surface area contributed by atoms with Gasteiger partial charge in [0.15, 0.2) is 11.6 Å². The second-order valence-corrected chi connectivity index (χ2v) is 10.4. The fourth-order valence-corrected chi connectivity index (χ4v) is 5.79. The third kappa shape index (κ3) is 5.19. The van der Waals surface area contributed by atoms with Crippen LogP contribution in [0.25, 0.3) is 0 Å². The SMILES string of the molecule is O=C(NCc1ccc(F)cc1)C1=CN2CC3NCCCN3C(C(=O)c3cccnc3)C2=C(O)C1C(=O)c1cccnc1. The molecule has 5 heterocycles. The number of fused-ring (bicyclic) bond motifs is 2. The summed E-state index contributed by atoms with van der Waals surface area (Å²) in [7, 11) is 0. The van der Waals surface area contributed by atoms with Crippen molar-refractivity contribution in [2.75, 3.05) is 19.6 Å². The van der Waals surface area contributed by atoms with Crippen molar-refractivity contribution in [2.45, 2.75) is 25.2 Å². The molecule has 0 spiro atoms. The van der Waals surface area contributed by atoms with Crippen molar-refractivity contribution in [3.63, 3.8) is 0 Å². The topological polar surface area (TPSA) is 128 Å². The number of hydrogen-bond donors (Lipinski definition) is 3. The van der Waals surface area contributed by atoms with Gasteiger partial charge in [-0.2, -0.15) is 0 Å². The van der Waals surface area contributed by atoms with Gasteiger partial charge in [0.1, 0.15) is 23.5 Å². The van der Waals surface area contributed by atoms with Crippen LogP contribution in [0.2, 0.25) is 0 Å². The highest BCUT2D eigenvalue weighted by molar-refractivity contribution is 6.09. The van der Waals surface area contributed by atoms with E-state index in [4.69, 9.17) is 0 Å². The van der Waals surface area contributed by atoms with E-state index in [1.807, 2.05) is 4.90 Å². The number of pyridine rings is 2. The molecule has 3 aliphatic rings. The summed E-state index contributed by atoms with van der Waals surface area (Å²) in [6, 6.07) is 11.3. The lowest BCUT2D eigenvalue weighted by atomic mass is 9.82. The van der Waals surface area contributed by atoms with E-state index in [0.717, 1.165) is 13.0 Å². The number of carbonyl (C=O) groups is 3. The third-order valence-electron chi connectivity index (χ3n) is 7.82. The maximum Gasteiger partial charge on any atom is 0.250 e. The summed E-state index contributed by atoms with van der Waals surface area (Å²) in [4.78, 5) is 53.4. The van der Waals surface area contributed by atoms with Crippen LogP contribution in [-0.4, -0.2) is 74.2 Å². The van der Waals surface area contributed by atoms with E-state index in [1.54, 1.807) is 53.7 Å². The Morgan fingerprint density at radius 2 is 1.69 bits per heavy atom. The van der Waals surface area contributed by atoms with Crippen molar-refractivity contribution >= 4 is 17.5 Å². The maximum absolute atomic E-state index is 14.0. The minimum atomic E-state index is -1.37. The lowest BCUT2D eigenvalue weighted by Gasteiger charge is -2.51. The molecule has 0 aliphatic carbocycles. The summed E-state index contributed by atoms with van der Waals surface area (Å²) >= 11 is 0. The van der Waals surface area contributed by atoms with E-state index in [1.165, 1.54) is 30.7 Å². The van der Waals surface area contributed by atoms with Crippen molar-refractivity contribution < 1.29 is 23.9 Å². The highest BCUT2D eigenvalue weighted by Gasteiger charge is 2.49. The molecule has 214 valence electrons. The molecule has 3 aromatic rings. The van der Waals surface area contributed by atoms with Gasteiger partial charge in [0.2, 0.25) is 5.91 Å². The van der Waals surface area contributed by atoms with Gasteiger partial charge in [-0.05, 0) is 54.9 Å². The van der Waals surface area contributed by atoms with Gasteiger partial charge in [0.25, 0.3) is 0 Å². The first-order chi connectivity index (χ1) is 20.4. The van der Waals surface area contributed by atoms with Gasteiger partial charge >= 0.3 is 0 Å². The van der Waals surface area contributed by atoms with E-state index in [2.05, 4.69) is 20.6 Å². The highest BCUT2D eigenvalue weighted by atomic mass is 19.1. The molecule has 42 heavy (non-hydrogen) atoms. The molecule has 10 nitrogen and oxygen atoms in total. The number of piperazine rings is 1. The summed E-state index contributed by atoms with van der Waals surface area (Å²) in [5.41, 5.74) is 1.55. The maximum atomic E-state index is 14.0. The number of aromatic nitrogens is 2. The van der Waals surface area contributed by atoms with E-state index < -0.39 is 29.5 Å². The van der Waals surface area contributed by atoms with Crippen LogP contribution in [0.5, 0.6) is 0 Å². The van der Waals surface area contributed by atoms with E-state index in [0.29, 0.717) is 24.2 Å². The number of amides is 1. The van der Waals surface area contributed by atoms with E-state index in [9.17, 15) is 23.9 Å². The molecule has 3 atom stereocenters. The molecule has 3 unspecified atom stereocenters. The highest BCUT2D eigenvalue weighted by Crippen LogP contribution is 2.39. The van der Waals surface area contributed by atoms with Gasteiger partial charge in [-0.3, -0.25) is 29.3 Å². The Balaban J connectivity index is 1.42. The number of rotatable bonds is 7. The third-order valence-corrected chi connectivity index (χ3v) is 7.82. The molecule has 2 saturated heterocycles. The van der Waals surface area contributed by atoms with E-state index in [-0.39, 0.29) is 41.1 Å². The zero-order valence-electron chi connectivity index (χ0n) is 22.6. The van der Waals surface area contributed by atoms with Gasteiger partial charge in [0.05, 0.1) is 24.0 Å². The van der Waals surface area contributed by atoms with Crippen LogP contribution in [0, 0.1) is 11.7 Å². The molecule has 6 rings (SSSR count). The summed E-state index contributed by atoms with van der Waals surface area (Å²) in [5.74, 6) is -3.48. The van der Waals surface area contributed by atoms with Crippen molar-refractivity contribution in [1.29, 1.82) is 0 Å². The fraction of sp³-hybridized carbons (Fsp3) is 0.258. The first kappa shape index (κ1) is 27.4. The molecule has 1 aromatic carbocycles. The average molecular weight is 569 g/mol. The normalized spacial score (nSPS) is 22.1. The largest absolute Gasteiger partial charge is 0.509 e. The molecule has 0 radical (unpaired) electrons. The molecule has 3 N–H and O–H groups in total. The molecule has 0 bridgehead atoms. The molecule has 11 heteroatoms.